The van der Waals surface area contributed by atoms with E-state index in [1.54, 1.807) is 11.8 Å². The predicted octanol–water partition coefficient (Wildman–Crippen LogP) is 2.88. The number of hydrogen-bond acceptors (Lipinski definition) is 3. The molecule has 0 spiro atoms. The van der Waals surface area contributed by atoms with Crippen molar-refractivity contribution in [1.82, 2.24) is 14.5 Å². The molecule has 4 heteroatoms. The van der Waals surface area contributed by atoms with Gasteiger partial charge in [-0.2, -0.15) is 0 Å². The van der Waals surface area contributed by atoms with Gasteiger partial charge in [-0.25, -0.2) is 4.98 Å². The highest BCUT2D eigenvalue weighted by atomic mass is 32.2. The molecule has 18 heavy (non-hydrogen) atoms. The molecule has 0 aliphatic carbocycles. The lowest BCUT2D eigenvalue weighted by molar-refractivity contribution is 0.380. The van der Waals surface area contributed by atoms with Crippen LogP contribution in [0.4, 0.5) is 0 Å². The molecule has 0 aliphatic heterocycles. The molecule has 1 heterocycles. The van der Waals surface area contributed by atoms with Crippen molar-refractivity contribution in [2.24, 2.45) is 0 Å². The van der Waals surface area contributed by atoms with Crippen LogP contribution in [0.2, 0.25) is 0 Å². The van der Waals surface area contributed by atoms with Crippen molar-refractivity contribution in [3.63, 3.8) is 0 Å². The van der Waals surface area contributed by atoms with E-state index in [-0.39, 0.29) is 0 Å². The maximum absolute atomic E-state index is 4.69. The average molecular weight is 261 g/mol. The molecule has 0 N–H and O–H groups in total. The van der Waals surface area contributed by atoms with Crippen molar-refractivity contribution in [3.8, 4) is 0 Å². The largest absolute Gasteiger partial charge is 0.318 e. The highest BCUT2D eigenvalue weighted by Gasteiger charge is 2.10. The van der Waals surface area contributed by atoms with Gasteiger partial charge in [0.2, 0.25) is 0 Å². The third-order valence-corrected chi connectivity index (χ3v) is 3.69. The lowest BCUT2D eigenvalue weighted by Crippen LogP contribution is -2.18. The van der Waals surface area contributed by atoms with E-state index in [4.69, 9.17) is 0 Å². The zero-order valence-corrected chi connectivity index (χ0v) is 11.8. The van der Waals surface area contributed by atoms with Crippen molar-refractivity contribution in [2.75, 3.05) is 26.4 Å². The van der Waals surface area contributed by atoms with Crippen LogP contribution in [0.15, 0.2) is 42.1 Å². The average Bonchev–Trinajstić information content (AvgIpc) is 2.71. The standard InChI is InChI=1S/C14H19N3S/c1-4-11-18-14-15-12-7-5-6-8-13(12)17(14)10-9-16(2)3/h4-8H,1,9-11H2,2-3H3. The Morgan fingerprint density at radius 2 is 2.17 bits per heavy atom. The molecule has 2 aromatic rings. The van der Waals surface area contributed by atoms with Gasteiger partial charge in [-0.05, 0) is 26.2 Å². The Bertz CT molecular complexity index is 531. The molecule has 0 saturated heterocycles. The molecule has 2 rings (SSSR count). The quantitative estimate of drug-likeness (QED) is 0.589. The molecule has 3 nitrogen and oxygen atoms in total. The summed E-state index contributed by atoms with van der Waals surface area (Å²) in [6.07, 6.45) is 1.92. The van der Waals surface area contributed by atoms with Gasteiger partial charge in [-0.3, -0.25) is 0 Å². The first kappa shape index (κ1) is 13.2. The Labute approximate surface area is 112 Å². The van der Waals surface area contributed by atoms with Crippen molar-refractivity contribution in [1.29, 1.82) is 0 Å². The lowest BCUT2D eigenvalue weighted by atomic mass is 10.3. The summed E-state index contributed by atoms with van der Waals surface area (Å²) in [5.41, 5.74) is 2.29. The molecule has 1 aromatic carbocycles. The van der Waals surface area contributed by atoms with Gasteiger partial charge in [-0.15, -0.1) is 6.58 Å². The van der Waals surface area contributed by atoms with Gasteiger partial charge in [0.05, 0.1) is 11.0 Å². The summed E-state index contributed by atoms with van der Waals surface area (Å²) in [5, 5.41) is 1.08. The molecule has 0 aliphatic rings. The number of para-hydroxylation sites is 2. The topological polar surface area (TPSA) is 21.1 Å². The number of benzene rings is 1. The maximum atomic E-state index is 4.69. The fourth-order valence-electron chi connectivity index (χ4n) is 1.81. The number of nitrogens with zero attached hydrogens (tertiary/aromatic N) is 3. The Morgan fingerprint density at radius 3 is 2.89 bits per heavy atom. The van der Waals surface area contributed by atoms with Gasteiger partial charge in [0.25, 0.3) is 0 Å². The Hall–Kier alpha value is -1.26. The van der Waals surface area contributed by atoms with Crippen molar-refractivity contribution >= 4 is 22.8 Å². The number of aromatic nitrogens is 2. The zero-order valence-electron chi connectivity index (χ0n) is 11.0. The van der Waals surface area contributed by atoms with Crippen LogP contribution >= 0.6 is 11.8 Å². The Kier molecular flexibility index (Phi) is 4.44. The minimum Gasteiger partial charge on any atom is -0.318 e. The summed E-state index contributed by atoms with van der Waals surface area (Å²) in [6.45, 7) is 5.75. The van der Waals surface area contributed by atoms with E-state index in [1.165, 1.54) is 5.52 Å². The molecular formula is C14H19N3S. The summed E-state index contributed by atoms with van der Waals surface area (Å²) in [7, 11) is 4.19. The maximum Gasteiger partial charge on any atom is 0.169 e. The van der Waals surface area contributed by atoms with Gasteiger partial charge in [0, 0.05) is 18.8 Å². The lowest BCUT2D eigenvalue weighted by Gasteiger charge is -2.12. The number of hydrogen-bond donors (Lipinski definition) is 0. The van der Waals surface area contributed by atoms with Crippen molar-refractivity contribution in [2.45, 2.75) is 11.7 Å². The second kappa shape index (κ2) is 6.07. The third-order valence-electron chi connectivity index (χ3n) is 2.72. The number of rotatable bonds is 6. The number of likely N-dealkylation sites (N-methyl/N-ethyl adjacent to an activating group) is 1. The molecule has 96 valence electrons. The van der Waals surface area contributed by atoms with Gasteiger partial charge < -0.3 is 9.47 Å². The SMILES string of the molecule is C=CCSc1nc2ccccc2n1CCN(C)C. The van der Waals surface area contributed by atoms with Crippen LogP contribution in [-0.4, -0.2) is 40.8 Å². The molecule has 0 atom stereocenters. The van der Waals surface area contributed by atoms with E-state index in [1.807, 2.05) is 12.1 Å². The van der Waals surface area contributed by atoms with Crippen LogP contribution in [0.3, 0.4) is 0 Å². The summed E-state index contributed by atoms with van der Waals surface area (Å²) in [6, 6.07) is 8.31. The second-order valence-corrected chi connectivity index (χ2v) is 5.42. The Morgan fingerprint density at radius 1 is 1.39 bits per heavy atom. The summed E-state index contributed by atoms with van der Waals surface area (Å²) in [5.74, 6) is 0.894. The molecule has 0 fully saturated rings. The van der Waals surface area contributed by atoms with Gasteiger partial charge in [-0.1, -0.05) is 30.0 Å². The van der Waals surface area contributed by atoms with E-state index in [0.29, 0.717) is 0 Å². The number of thioether (sulfide) groups is 1. The van der Waals surface area contributed by atoms with E-state index in [0.717, 1.165) is 29.5 Å². The van der Waals surface area contributed by atoms with Crippen LogP contribution < -0.4 is 0 Å². The van der Waals surface area contributed by atoms with E-state index in [2.05, 4.69) is 53.3 Å². The number of imidazole rings is 1. The predicted molar refractivity (Wildman–Crippen MR) is 79.2 cm³/mol. The highest BCUT2D eigenvalue weighted by Crippen LogP contribution is 2.23. The van der Waals surface area contributed by atoms with Crippen LogP contribution in [0.25, 0.3) is 11.0 Å². The molecule has 1 aromatic heterocycles. The van der Waals surface area contributed by atoms with Crippen molar-refractivity contribution in [3.05, 3.63) is 36.9 Å². The van der Waals surface area contributed by atoms with Crippen LogP contribution in [0, 0.1) is 0 Å². The molecule has 0 unspecified atom stereocenters. The Balaban J connectivity index is 2.34. The first-order valence-corrected chi connectivity index (χ1v) is 7.04. The molecule has 0 bridgehead atoms. The minimum absolute atomic E-state index is 0.894. The summed E-state index contributed by atoms with van der Waals surface area (Å²) >= 11 is 1.74. The molecular weight excluding hydrogens is 242 g/mol. The second-order valence-electron chi connectivity index (χ2n) is 4.44. The molecule has 0 radical (unpaired) electrons. The number of fused-ring (bicyclic) bond motifs is 1. The van der Waals surface area contributed by atoms with Crippen LogP contribution in [0.1, 0.15) is 0 Å². The van der Waals surface area contributed by atoms with E-state index in [9.17, 15) is 0 Å². The first-order chi connectivity index (χ1) is 8.72. The van der Waals surface area contributed by atoms with Crippen LogP contribution in [0.5, 0.6) is 0 Å². The molecule has 0 amide bonds. The van der Waals surface area contributed by atoms with Gasteiger partial charge in [0.15, 0.2) is 5.16 Å². The van der Waals surface area contributed by atoms with Crippen LogP contribution in [-0.2, 0) is 6.54 Å². The normalized spacial score (nSPS) is 11.3. The van der Waals surface area contributed by atoms with Gasteiger partial charge >= 0.3 is 0 Å². The minimum atomic E-state index is 0.894. The smallest absolute Gasteiger partial charge is 0.169 e. The van der Waals surface area contributed by atoms with E-state index < -0.39 is 0 Å². The zero-order chi connectivity index (χ0) is 13.0. The fourth-order valence-corrected chi connectivity index (χ4v) is 2.59. The summed E-state index contributed by atoms with van der Waals surface area (Å²) in [4.78, 5) is 6.88. The summed E-state index contributed by atoms with van der Waals surface area (Å²) < 4.78 is 2.30. The fraction of sp³-hybridized carbons (Fsp3) is 0.357. The van der Waals surface area contributed by atoms with Gasteiger partial charge in [0.1, 0.15) is 0 Å². The highest BCUT2D eigenvalue weighted by molar-refractivity contribution is 7.99. The molecule has 0 saturated carbocycles. The third kappa shape index (κ3) is 2.94. The first-order valence-electron chi connectivity index (χ1n) is 6.06. The van der Waals surface area contributed by atoms with Crippen molar-refractivity contribution < 1.29 is 0 Å². The van der Waals surface area contributed by atoms with E-state index >= 15 is 0 Å². The monoisotopic (exact) mass is 261 g/mol.